The van der Waals surface area contributed by atoms with Crippen molar-refractivity contribution in [1.82, 2.24) is 4.57 Å². The first-order valence-corrected chi connectivity index (χ1v) is 7.97. The number of Topliss-reactive ketones (excluding diaryl/α,β-unsaturated/α-hetero) is 1. The quantitative estimate of drug-likeness (QED) is 0.260. The highest BCUT2D eigenvalue weighted by Crippen LogP contribution is 2.24. The third kappa shape index (κ3) is 3.66. The molecule has 0 aliphatic carbocycles. The van der Waals surface area contributed by atoms with Gasteiger partial charge in [0, 0.05) is 29.6 Å². The summed E-state index contributed by atoms with van der Waals surface area (Å²) in [5, 5.41) is 20.5. The Hall–Kier alpha value is -3.20. The largest absolute Gasteiger partial charge is 0.348 e. The topological polar surface area (TPSA) is 88.9 Å². The van der Waals surface area contributed by atoms with E-state index in [0.29, 0.717) is 5.56 Å². The van der Waals surface area contributed by atoms with Crippen molar-refractivity contribution in [1.29, 1.82) is 5.26 Å². The van der Waals surface area contributed by atoms with Crippen LogP contribution in [0.3, 0.4) is 0 Å². The molecule has 0 amide bonds. The van der Waals surface area contributed by atoms with E-state index < -0.39 is 10.7 Å². The van der Waals surface area contributed by atoms with Crippen LogP contribution in [0, 0.1) is 35.3 Å². The molecule has 0 fully saturated rings. The van der Waals surface area contributed by atoms with Gasteiger partial charge in [-0.3, -0.25) is 14.9 Å². The van der Waals surface area contributed by atoms with E-state index in [9.17, 15) is 20.2 Å². The van der Waals surface area contributed by atoms with E-state index in [2.05, 4.69) is 6.92 Å². The summed E-state index contributed by atoms with van der Waals surface area (Å²) < 4.78 is 2.03. The van der Waals surface area contributed by atoms with Crippen LogP contribution in [-0.2, 0) is 6.54 Å². The number of nitro benzene ring substituents is 1. The molecule has 1 aromatic heterocycles. The van der Waals surface area contributed by atoms with E-state index in [4.69, 9.17) is 0 Å². The summed E-state index contributed by atoms with van der Waals surface area (Å²) >= 11 is 0. The molecule has 0 aliphatic rings. The Balaban J connectivity index is 2.49. The molecular weight excluding hydrogens is 318 g/mol. The summed E-state index contributed by atoms with van der Waals surface area (Å²) in [6.07, 6.45) is 2.22. The van der Waals surface area contributed by atoms with Crippen molar-refractivity contribution >= 4 is 17.5 Å². The number of carbonyl (C=O) groups excluding carboxylic acids is 1. The molecule has 0 radical (unpaired) electrons. The molecule has 0 atom stereocenters. The van der Waals surface area contributed by atoms with E-state index in [1.165, 1.54) is 18.2 Å². The van der Waals surface area contributed by atoms with Gasteiger partial charge in [-0.05, 0) is 38.5 Å². The monoisotopic (exact) mass is 337 g/mol. The Morgan fingerprint density at radius 3 is 2.64 bits per heavy atom. The maximum absolute atomic E-state index is 12.8. The molecule has 1 aromatic carbocycles. The second-order valence-electron chi connectivity index (χ2n) is 5.75. The van der Waals surface area contributed by atoms with Gasteiger partial charge < -0.3 is 4.57 Å². The zero-order chi connectivity index (χ0) is 18.6. The number of nitrogens with zero attached hydrogens (tertiary/aromatic N) is 3. The van der Waals surface area contributed by atoms with Gasteiger partial charge in [-0.15, -0.1) is 0 Å². The second-order valence-corrected chi connectivity index (χ2v) is 5.75. The number of para-hydroxylation sites is 1. The molecule has 0 saturated carbocycles. The van der Waals surface area contributed by atoms with Gasteiger partial charge in [-0.2, -0.15) is 5.26 Å². The number of nitro groups is 1. The van der Waals surface area contributed by atoms with Crippen LogP contribution in [0.25, 0.3) is 6.08 Å². The van der Waals surface area contributed by atoms with Gasteiger partial charge in [-0.25, -0.2) is 0 Å². The standard InChI is InChI=1S/C19H19N3O3/c1-4-9-21-13(2)10-17(14(21)3)19(23)16(12-20)11-15-7-5-6-8-18(15)22(24)25/h5-8,10-11H,4,9H2,1-3H3/b16-11-. The SMILES string of the molecule is CCCn1c(C)cc(C(=O)/C(C#N)=C\c2ccccc2[N+](=O)[O-])c1C. The van der Waals surface area contributed by atoms with Gasteiger partial charge in [0.25, 0.3) is 5.69 Å². The van der Waals surface area contributed by atoms with Crippen LogP contribution in [0.5, 0.6) is 0 Å². The van der Waals surface area contributed by atoms with Gasteiger partial charge in [0.1, 0.15) is 11.6 Å². The number of hydrogen-bond donors (Lipinski definition) is 0. The molecule has 1 heterocycles. The second kappa shape index (κ2) is 7.58. The average Bonchev–Trinajstić information content (AvgIpc) is 2.87. The van der Waals surface area contributed by atoms with Crippen molar-refractivity contribution < 1.29 is 9.72 Å². The van der Waals surface area contributed by atoms with Gasteiger partial charge in [0.2, 0.25) is 5.78 Å². The third-order valence-electron chi connectivity index (χ3n) is 4.06. The van der Waals surface area contributed by atoms with Crippen molar-refractivity contribution in [2.45, 2.75) is 33.7 Å². The Bertz CT molecular complexity index is 901. The molecular formula is C19H19N3O3. The summed E-state index contributed by atoms with van der Waals surface area (Å²) in [6, 6.07) is 9.68. The Morgan fingerprint density at radius 1 is 1.36 bits per heavy atom. The van der Waals surface area contributed by atoms with E-state index in [0.717, 1.165) is 24.4 Å². The number of allylic oxidation sites excluding steroid dienone is 1. The lowest BCUT2D eigenvalue weighted by molar-refractivity contribution is -0.385. The fourth-order valence-electron chi connectivity index (χ4n) is 2.82. The van der Waals surface area contributed by atoms with Crippen LogP contribution < -0.4 is 0 Å². The van der Waals surface area contributed by atoms with Crippen LogP contribution in [0.15, 0.2) is 35.9 Å². The van der Waals surface area contributed by atoms with E-state index in [1.54, 1.807) is 18.2 Å². The van der Waals surface area contributed by atoms with Crippen LogP contribution in [-0.4, -0.2) is 15.3 Å². The first-order valence-electron chi connectivity index (χ1n) is 7.97. The molecule has 0 unspecified atom stereocenters. The smallest absolute Gasteiger partial charge is 0.276 e. The zero-order valence-corrected chi connectivity index (χ0v) is 14.4. The van der Waals surface area contributed by atoms with Crippen molar-refractivity contribution in [3.63, 3.8) is 0 Å². The van der Waals surface area contributed by atoms with Crippen LogP contribution in [0.2, 0.25) is 0 Å². The molecule has 0 spiro atoms. The lowest BCUT2D eigenvalue weighted by Crippen LogP contribution is -2.06. The maximum atomic E-state index is 12.8. The predicted molar refractivity (Wildman–Crippen MR) is 95.2 cm³/mol. The molecule has 2 rings (SSSR count). The number of rotatable bonds is 6. The number of carbonyl (C=O) groups is 1. The summed E-state index contributed by atoms with van der Waals surface area (Å²) in [7, 11) is 0. The Labute approximate surface area is 146 Å². The molecule has 128 valence electrons. The Morgan fingerprint density at radius 2 is 2.04 bits per heavy atom. The highest BCUT2D eigenvalue weighted by molar-refractivity contribution is 6.15. The highest BCUT2D eigenvalue weighted by Gasteiger charge is 2.20. The number of nitriles is 1. The molecule has 25 heavy (non-hydrogen) atoms. The number of ketones is 1. The lowest BCUT2D eigenvalue weighted by atomic mass is 10.0. The minimum atomic E-state index is -0.529. The fourth-order valence-corrected chi connectivity index (χ4v) is 2.82. The normalized spacial score (nSPS) is 11.2. The minimum absolute atomic E-state index is 0.119. The van der Waals surface area contributed by atoms with E-state index in [1.807, 2.05) is 24.5 Å². The minimum Gasteiger partial charge on any atom is -0.348 e. The summed E-state index contributed by atoms with van der Waals surface area (Å²) in [5.41, 5.74) is 2.18. The van der Waals surface area contributed by atoms with E-state index in [-0.39, 0.29) is 16.8 Å². The molecule has 0 aliphatic heterocycles. The van der Waals surface area contributed by atoms with Gasteiger partial charge in [0.15, 0.2) is 0 Å². The van der Waals surface area contributed by atoms with Gasteiger partial charge in [-0.1, -0.05) is 19.1 Å². The zero-order valence-electron chi connectivity index (χ0n) is 14.4. The predicted octanol–water partition coefficient (Wildman–Crippen LogP) is 4.21. The lowest BCUT2D eigenvalue weighted by Gasteiger charge is -2.07. The molecule has 2 aromatic rings. The van der Waals surface area contributed by atoms with Gasteiger partial charge >= 0.3 is 0 Å². The van der Waals surface area contributed by atoms with Crippen LogP contribution >= 0.6 is 0 Å². The average molecular weight is 337 g/mol. The fraction of sp³-hybridized carbons (Fsp3) is 0.263. The Kier molecular flexibility index (Phi) is 5.50. The highest BCUT2D eigenvalue weighted by atomic mass is 16.6. The summed E-state index contributed by atoms with van der Waals surface area (Å²) in [6.45, 7) is 6.60. The van der Waals surface area contributed by atoms with Crippen LogP contribution in [0.4, 0.5) is 5.69 Å². The third-order valence-corrected chi connectivity index (χ3v) is 4.06. The number of aryl methyl sites for hydroxylation is 1. The molecule has 0 N–H and O–H groups in total. The number of benzene rings is 1. The summed E-state index contributed by atoms with van der Waals surface area (Å²) in [5.74, 6) is -0.420. The maximum Gasteiger partial charge on any atom is 0.276 e. The first-order chi connectivity index (χ1) is 11.9. The molecule has 6 heteroatoms. The number of hydrogen-bond acceptors (Lipinski definition) is 4. The van der Waals surface area contributed by atoms with Crippen molar-refractivity contribution in [3.05, 3.63) is 68.5 Å². The first kappa shape index (κ1) is 18.1. The molecule has 0 saturated heterocycles. The summed E-state index contributed by atoms with van der Waals surface area (Å²) in [4.78, 5) is 23.4. The van der Waals surface area contributed by atoms with Gasteiger partial charge in [0.05, 0.1) is 10.5 Å². The number of aromatic nitrogens is 1. The van der Waals surface area contributed by atoms with E-state index >= 15 is 0 Å². The molecule has 0 bridgehead atoms. The molecule has 6 nitrogen and oxygen atoms in total. The van der Waals surface area contributed by atoms with Crippen molar-refractivity contribution in [2.24, 2.45) is 0 Å². The van der Waals surface area contributed by atoms with Crippen LogP contribution in [0.1, 0.15) is 40.7 Å². The van der Waals surface area contributed by atoms with Crippen molar-refractivity contribution in [2.75, 3.05) is 0 Å². The van der Waals surface area contributed by atoms with Crippen molar-refractivity contribution in [3.8, 4) is 6.07 Å².